The Morgan fingerprint density at radius 2 is 1.70 bits per heavy atom. The number of rotatable bonds is 9. The van der Waals surface area contributed by atoms with Crippen LogP contribution in [0.3, 0.4) is 0 Å². The zero-order valence-corrected chi connectivity index (χ0v) is 19.7. The first-order valence-corrected chi connectivity index (χ1v) is 12.5. The zero-order chi connectivity index (χ0) is 24.0. The minimum absolute atomic E-state index is 0.0221. The third-order valence-corrected chi connectivity index (χ3v) is 6.88. The van der Waals surface area contributed by atoms with Crippen LogP contribution in [0.25, 0.3) is 11.1 Å². The van der Waals surface area contributed by atoms with Gasteiger partial charge in [-0.25, -0.2) is 13.1 Å². The second-order valence-electron chi connectivity index (χ2n) is 8.13. The second-order valence-corrected chi connectivity index (χ2v) is 9.74. The number of carbonyl (C=O) groups excluding carboxylic acids is 1. The molecule has 3 rings (SSSR count). The van der Waals surface area contributed by atoms with Crippen LogP contribution in [0.5, 0.6) is 11.5 Å². The standard InChI is InChI=1S/C26H29NO5S/c1-3-4-6-13-21-17-22(28)24(20-14-9-10-18(2)15-20)25(30)26(21)33(31,32)27-23(29)16-19-11-7-5-8-12-19/h5,7-12,14-15,17,28,30H,3-4,6,13,16H2,1-2H3,(H,27,29). The Bertz CT molecular complexity index is 1240. The van der Waals surface area contributed by atoms with E-state index in [4.69, 9.17) is 0 Å². The lowest BCUT2D eigenvalue weighted by Gasteiger charge is -2.18. The van der Waals surface area contributed by atoms with E-state index >= 15 is 0 Å². The number of unbranched alkanes of at least 4 members (excludes halogenated alkanes) is 2. The summed E-state index contributed by atoms with van der Waals surface area (Å²) in [5.74, 6) is -1.48. The summed E-state index contributed by atoms with van der Waals surface area (Å²) >= 11 is 0. The van der Waals surface area contributed by atoms with Gasteiger partial charge in [0, 0.05) is 0 Å². The Balaban J connectivity index is 2.06. The lowest BCUT2D eigenvalue weighted by Crippen LogP contribution is -2.32. The van der Waals surface area contributed by atoms with Crippen LogP contribution in [0.4, 0.5) is 0 Å². The Labute approximate surface area is 195 Å². The van der Waals surface area contributed by atoms with Gasteiger partial charge in [0.1, 0.15) is 16.4 Å². The van der Waals surface area contributed by atoms with Crippen molar-refractivity contribution in [2.24, 2.45) is 0 Å². The van der Waals surface area contributed by atoms with E-state index in [1.165, 1.54) is 6.07 Å². The number of amides is 1. The van der Waals surface area contributed by atoms with Gasteiger partial charge in [0.05, 0.1) is 12.0 Å². The summed E-state index contributed by atoms with van der Waals surface area (Å²) in [7, 11) is -4.40. The van der Waals surface area contributed by atoms with E-state index in [0.717, 1.165) is 18.4 Å². The first-order chi connectivity index (χ1) is 15.7. The number of sulfonamides is 1. The molecular weight excluding hydrogens is 438 g/mol. The van der Waals surface area contributed by atoms with Gasteiger partial charge in [-0.2, -0.15) is 0 Å². The minimum Gasteiger partial charge on any atom is -0.507 e. The van der Waals surface area contributed by atoms with Crippen LogP contribution in [0.15, 0.2) is 65.6 Å². The Hall–Kier alpha value is -3.32. The third-order valence-electron chi connectivity index (χ3n) is 5.39. The molecule has 0 aliphatic carbocycles. The lowest BCUT2D eigenvalue weighted by atomic mass is 9.97. The van der Waals surface area contributed by atoms with E-state index in [-0.39, 0.29) is 28.2 Å². The van der Waals surface area contributed by atoms with Crippen molar-refractivity contribution >= 4 is 15.9 Å². The molecule has 0 aromatic heterocycles. The number of phenols is 2. The molecule has 0 aliphatic rings. The minimum atomic E-state index is -4.40. The van der Waals surface area contributed by atoms with Crippen molar-refractivity contribution in [3.05, 3.63) is 77.4 Å². The maximum atomic E-state index is 13.3. The van der Waals surface area contributed by atoms with Crippen LogP contribution < -0.4 is 4.72 Å². The molecule has 7 heteroatoms. The Kier molecular flexibility index (Phi) is 7.76. The molecule has 0 saturated heterocycles. The van der Waals surface area contributed by atoms with Gasteiger partial charge >= 0.3 is 0 Å². The average molecular weight is 468 g/mol. The van der Waals surface area contributed by atoms with E-state index < -0.39 is 21.7 Å². The molecule has 3 aromatic rings. The fourth-order valence-corrected chi connectivity index (χ4v) is 5.18. The van der Waals surface area contributed by atoms with Crippen LogP contribution >= 0.6 is 0 Å². The highest BCUT2D eigenvalue weighted by molar-refractivity contribution is 7.90. The highest BCUT2D eigenvalue weighted by atomic mass is 32.2. The van der Waals surface area contributed by atoms with E-state index in [0.29, 0.717) is 24.0 Å². The van der Waals surface area contributed by atoms with Crippen molar-refractivity contribution < 1.29 is 23.4 Å². The van der Waals surface area contributed by atoms with Crippen LogP contribution in [-0.2, 0) is 27.7 Å². The molecule has 0 saturated carbocycles. The summed E-state index contributed by atoms with van der Waals surface area (Å²) in [6, 6.07) is 17.2. The first kappa shape index (κ1) is 24.3. The molecule has 0 fully saturated rings. The quantitative estimate of drug-likeness (QED) is 0.390. The Morgan fingerprint density at radius 3 is 2.36 bits per heavy atom. The number of hydrogen-bond acceptors (Lipinski definition) is 5. The second kappa shape index (κ2) is 10.5. The smallest absolute Gasteiger partial charge is 0.268 e. The molecule has 0 aliphatic heterocycles. The topological polar surface area (TPSA) is 104 Å². The number of hydrogen-bond donors (Lipinski definition) is 3. The zero-order valence-electron chi connectivity index (χ0n) is 18.8. The molecule has 0 spiro atoms. The van der Waals surface area contributed by atoms with Crippen molar-refractivity contribution in [1.29, 1.82) is 0 Å². The van der Waals surface area contributed by atoms with Crippen molar-refractivity contribution in [2.45, 2.75) is 50.8 Å². The SMILES string of the molecule is CCCCCc1cc(O)c(-c2cccc(C)c2)c(O)c1S(=O)(=O)NC(=O)Cc1ccccc1. The van der Waals surface area contributed by atoms with Crippen molar-refractivity contribution in [1.82, 2.24) is 4.72 Å². The number of aryl methyl sites for hydroxylation is 2. The molecule has 0 heterocycles. The molecule has 0 unspecified atom stereocenters. The molecule has 3 aromatic carbocycles. The monoisotopic (exact) mass is 467 g/mol. The van der Waals surface area contributed by atoms with Crippen molar-refractivity contribution in [3.8, 4) is 22.6 Å². The first-order valence-electron chi connectivity index (χ1n) is 11.0. The van der Waals surface area contributed by atoms with Crippen molar-refractivity contribution in [3.63, 3.8) is 0 Å². The lowest BCUT2D eigenvalue weighted by molar-refractivity contribution is -0.118. The average Bonchev–Trinajstić information content (AvgIpc) is 2.73. The van der Waals surface area contributed by atoms with Gasteiger partial charge < -0.3 is 10.2 Å². The molecule has 6 nitrogen and oxygen atoms in total. The number of phenolic OH excluding ortho intramolecular Hbond substituents is 2. The predicted molar refractivity (Wildman–Crippen MR) is 129 cm³/mol. The summed E-state index contributed by atoms with van der Waals surface area (Å²) in [4.78, 5) is 12.2. The van der Waals surface area contributed by atoms with Gasteiger partial charge in [-0.3, -0.25) is 4.79 Å². The summed E-state index contributed by atoms with van der Waals surface area (Å²) in [6.07, 6.45) is 2.69. The predicted octanol–water partition coefficient (Wildman–Crippen LogP) is 4.85. The highest BCUT2D eigenvalue weighted by Crippen LogP contribution is 2.44. The summed E-state index contributed by atoms with van der Waals surface area (Å²) in [5.41, 5.74) is 2.34. The molecule has 1 amide bonds. The molecular formula is C26H29NO5S. The number of aromatic hydroxyl groups is 2. The molecule has 3 N–H and O–H groups in total. The van der Waals surface area contributed by atoms with Crippen LogP contribution in [0.2, 0.25) is 0 Å². The normalized spacial score (nSPS) is 11.3. The highest BCUT2D eigenvalue weighted by Gasteiger charge is 2.29. The molecule has 0 atom stereocenters. The number of nitrogens with one attached hydrogen (secondary N) is 1. The third kappa shape index (κ3) is 5.93. The maximum absolute atomic E-state index is 13.3. The summed E-state index contributed by atoms with van der Waals surface area (Å²) in [5, 5.41) is 21.8. The van der Waals surface area contributed by atoms with Gasteiger partial charge in [-0.1, -0.05) is 79.9 Å². The van der Waals surface area contributed by atoms with Gasteiger partial charge in [0.2, 0.25) is 5.91 Å². The molecule has 0 bridgehead atoms. The number of carbonyl (C=O) groups is 1. The van der Waals surface area contributed by atoms with E-state index in [2.05, 4.69) is 4.72 Å². The molecule has 33 heavy (non-hydrogen) atoms. The van der Waals surface area contributed by atoms with Crippen LogP contribution in [0.1, 0.15) is 42.9 Å². The maximum Gasteiger partial charge on any atom is 0.268 e. The van der Waals surface area contributed by atoms with Gasteiger partial charge in [-0.05, 0) is 42.5 Å². The summed E-state index contributed by atoms with van der Waals surface area (Å²) < 4.78 is 28.7. The van der Waals surface area contributed by atoms with Gasteiger partial charge in [-0.15, -0.1) is 0 Å². The van der Waals surface area contributed by atoms with Gasteiger partial charge in [0.25, 0.3) is 10.0 Å². The van der Waals surface area contributed by atoms with E-state index in [9.17, 15) is 23.4 Å². The fraction of sp³-hybridized carbons (Fsp3) is 0.269. The fourth-order valence-electron chi connectivity index (χ4n) is 3.84. The summed E-state index contributed by atoms with van der Waals surface area (Å²) in [6.45, 7) is 3.88. The van der Waals surface area contributed by atoms with Crippen LogP contribution in [-0.4, -0.2) is 24.5 Å². The molecule has 174 valence electrons. The van der Waals surface area contributed by atoms with E-state index in [1.54, 1.807) is 42.5 Å². The van der Waals surface area contributed by atoms with E-state index in [1.807, 2.05) is 26.0 Å². The van der Waals surface area contributed by atoms with Gasteiger partial charge in [0.15, 0.2) is 0 Å². The largest absolute Gasteiger partial charge is 0.507 e. The Morgan fingerprint density at radius 1 is 0.970 bits per heavy atom. The van der Waals surface area contributed by atoms with Crippen LogP contribution in [0, 0.1) is 6.92 Å². The van der Waals surface area contributed by atoms with Crippen molar-refractivity contribution in [2.75, 3.05) is 0 Å². The number of benzene rings is 3. The molecule has 0 radical (unpaired) electrons.